The van der Waals surface area contributed by atoms with E-state index in [2.05, 4.69) is 6.92 Å². The highest BCUT2D eigenvalue weighted by atomic mass is 16.5. The van der Waals surface area contributed by atoms with E-state index in [-0.39, 0.29) is 46.2 Å². The second-order valence-corrected chi connectivity index (χ2v) is 8.64. The molecule has 3 aromatic carbocycles. The lowest BCUT2D eigenvalue weighted by Crippen LogP contribution is -2.11. The molecule has 36 heavy (non-hydrogen) atoms. The zero-order valence-electron chi connectivity index (χ0n) is 19.9. The Bertz CT molecular complexity index is 1400. The van der Waals surface area contributed by atoms with Crippen molar-refractivity contribution in [2.45, 2.75) is 39.0 Å². The molecule has 8 nitrogen and oxygen atoms in total. The summed E-state index contributed by atoms with van der Waals surface area (Å²) in [5, 5.41) is 20.9. The number of fused-ring (bicyclic) bond motifs is 1. The van der Waals surface area contributed by atoms with Gasteiger partial charge in [0.2, 0.25) is 0 Å². The molecule has 1 aromatic heterocycles. The molecular formula is C28H28N2O6. The molecule has 0 aliphatic carbocycles. The van der Waals surface area contributed by atoms with E-state index in [1.165, 1.54) is 24.3 Å². The fourth-order valence-electron chi connectivity index (χ4n) is 4.08. The number of ketones is 1. The molecule has 0 saturated heterocycles. The number of nitrogen functional groups attached to an aromatic ring is 2. The fraction of sp³-hybridized carbons (Fsp3) is 0.214. The van der Waals surface area contributed by atoms with Crippen molar-refractivity contribution in [3.8, 4) is 17.2 Å². The van der Waals surface area contributed by atoms with Crippen LogP contribution in [0.5, 0.6) is 17.2 Å². The fourth-order valence-corrected chi connectivity index (χ4v) is 4.08. The standard InChI is InChI=1S/C28H28N2O6/c1-2-3-5-10-22-26(27(33)17-12-19(29)28(34)20(30)13-17)18-14-21(31)24(15-23(18)35-22)36-25(32)11-16-8-6-4-7-9-16/h4,6-9,12-15,31,34H,2-3,5,10-11,29-30H2,1H3. The molecule has 0 amide bonds. The highest BCUT2D eigenvalue weighted by Gasteiger charge is 2.25. The van der Waals surface area contributed by atoms with Crippen LogP contribution in [-0.4, -0.2) is 22.0 Å². The lowest BCUT2D eigenvalue weighted by Gasteiger charge is -2.08. The Kier molecular flexibility index (Phi) is 7.15. The summed E-state index contributed by atoms with van der Waals surface area (Å²) in [4.78, 5) is 26.0. The largest absolute Gasteiger partial charge is 0.504 e. The van der Waals surface area contributed by atoms with Gasteiger partial charge in [-0.2, -0.15) is 0 Å². The van der Waals surface area contributed by atoms with Crippen molar-refractivity contribution in [1.82, 2.24) is 0 Å². The number of aromatic hydroxyl groups is 2. The van der Waals surface area contributed by atoms with Gasteiger partial charge in [-0.1, -0.05) is 50.1 Å². The molecule has 6 N–H and O–H groups in total. The Morgan fingerprint density at radius 2 is 1.67 bits per heavy atom. The van der Waals surface area contributed by atoms with Crippen LogP contribution in [0.2, 0.25) is 0 Å². The number of phenols is 2. The summed E-state index contributed by atoms with van der Waals surface area (Å²) < 4.78 is 11.4. The number of aryl methyl sites for hydroxylation is 1. The van der Waals surface area contributed by atoms with E-state index in [4.69, 9.17) is 20.6 Å². The number of esters is 1. The Labute approximate surface area is 208 Å². The predicted molar refractivity (Wildman–Crippen MR) is 137 cm³/mol. The quantitative estimate of drug-likeness (QED) is 0.0633. The van der Waals surface area contributed by atoms with Crippen LogP contribution < -0.4 is 16.2 Å². The maximum absolute atomic E-state index is 13.5. The molecule has 0 unspecified atom stereocenters. The van der Waals surface area contributed by atoms with Gasteiger partial charge in [0.1, 0.15) is 11.3 Å². The first-order valence-corrected chi connectivity index (χ1v) is 11.7. The molecule has 0 aliphatic heterocycles. The Morgan fingerprint density at radius 1 is 0.972 bits per heavy atom. The number of ether oxygens (including phenoxy) is 1. The zero-order chi connectivity index (χ0) is 25.8. The molecule has 1 heterocycles. The van der Waals surface area contributed by atoms with Crippen LogP contribution in [0.4, 0.5) is 11.4 Å². The molecule has 4 aromatic rings. The summed E-state index contributed by atoms with van der Waals surface area (Å²) in [6.45, 7) is 2.07. The lowest BCUT2D eigenvalue weighted by atomic mass is 9.97. The van der Waals surface area contributed by atoms with Gasteiger partial charge in [0.25, 0.3) is 0 Å². The second kappa shape index (κ2) is 10.4. The topological polar surface area (TPSA) is 149 Å². The minimum atomic E-state index is -0.545. The average molecular weight is 489 g/mol. The molecule has 4 rings (SSSR count). The van der Waals surface area contributed by atoms with Crippen molar-refractivity contribution >= 4 is 34.1 Å². The number of unbranched alkanes of at least 4 members (excludes halogenated alkanes) is 2. The zero-order valence-corrected chi connectivity index (χ0v) is 19.9. The number of nitrogens with two attached hydrogens (primary N) is 2. The molecule has 186 valence electrons. The van der Waals surface area contributed by atoms with E-state index in [1.807, 2.05) is 18.2 Å². The highest BCUT2D eigenvalue weighted by Crippen LogP contribution is 2.38. The van der Waals surface area contributed by atoms with Crippen LogP contribution in [0.25, 0.3) is 11.0 Å². The van der Waals surface area contributed by atoms with Crippen LogP contribution in [-0.2, 0) is 17.6 Å². The van der Waals surface area contributed by atoms with E-state index < -0.39 is 11.8 Å². The highest BCUT2D eigenvalue weighted by molar-refractivity contribution is 6.18. The van der Waals surface area contributed by atoms with Crippen molar-refractivity contribution in [2.24, 2.45) is 0 Å². The first-order chi connectivity index (χ1) is 17.3. The SMILES string of the molecule is CCCCCc1oc2cc(OC(=O)Cc3ccccc3)c(O)cc2c1C(=O)c1cc(N)c(O)c(N)c1. The summed E-state index contributed by atoms with van der Waals surface area (Å²) in [6, 6.07) is 14.6. The summed E-state index contributed by atoms with van der Waals surface area (Å²) in [5.41, 5.74) is 13.1. The third kappa shape index (κ3) is 5.12. The molecule has 0 spiro atoms. The van der Waals surface area contributed by atoms with Crippen molar-refractivity contribution in [2.75, 3.05) is 11.5 Å². The van der Waals surface area contributed by atoms with Gasteiger partial charge in [0.05, 0.1) is 23.4 Å². The van der Waals surface area contributed by atoms with Crippen LogP contribution in [0.15, 0.2) is 59.0 Å². The van der Waals surface area contributed by atoms with Gasteiger partial charge in [-0.25, -0.2) is 0 Å². The normalized spacial score (nSPS) is 11.0. The number of benzene rings is 3. The molecule has 0 radical (unpaired) electrons. The Hall–Kier alpha value is -4.46. The summed E-state index contributed by atoms with van der Waals surface area (Å²) in [5.74, 6) is -1.16. The Balaban J connectivity index is 1.72. The van der Waals surface area contributed by atoms with E-state index in [1.54, 1.807) is 12.1 Å². The third-order valence-corrected chi connectivity index (χ3v) is 5.92. The minimum absolute atomic E-state index is 0.0193. The number of rotatable bonds is 9. The van der Waals surface area contributed by atoms with Crippen molar-refractivity contribution in [3.63, 3.8) is 0 Å². The van der Waals surface area contributed by atoms with Gasteiger partial charge in [0, 0.05) is 23.4 Å². The van der Waals surface area contributed by atoms with E-state index in [0.717, 1.165) is 24.8 Å². The minimum Gasteiger partial charge on any atom is -0.504 e. The molecule has 0 atom stereocenters. The van der Waals surface area contributed by atoms with Crippen molar-refractivity contribution < 1.29 is 29.0 Å². The molecular weight excluding hydrogens is 460 g/mol. The van der Waals surface area contributed by atoms with E-state index in [0.29, 0.717) is 23.2 Å². The summed E-state index contributed by atoms with van der Waals surface area (Å²) in [7, 11) is 0. The van der Waals surface area contributed by atoms with Crippen molar-refractivity contribution in [3.05, 3.63) is 77.0 Å². The first kappa shape index (κ1) is 24.7. The van der Waals surface area contributed by atoms with Crippen molar-refractivity contribution in [1.29, 1.82) is 0 Å². The summed E-state index contributed by atoms with van der Waals surface area (Å²) in [6.07, 6.45) is 3.25. The van der Waals surface area contributed by atoms with Gasteiger partial charge in [-0.3, -0.25) is 9.59 Å². The number of hydrogen-bond acceptors (Lipinski definition) is 8. The molecule has 0 bridgehead atoms. The maximum atomic E-state index is 13.5. The Morgan fingerprint density at radius 3 is 2.33 bits per heavy atom. The smallest absolute Gasteiger partial charge is 0.315 e. The van der Waals surface area contributed by atoms with Crippen LogP contribution >= 0.6 is 0 Å². The summed E-state index contributed by atoms with van der Waals surface area (Å²) >= 11 is 0. The molecule has 8 heteroatoms. The third-order valence-electron chi connectivity index (χ3n) is 5.92. The van der Waals surface area contributed by atoms with E-state index in [9.17, 15) is 19.8 Å². The first-order valence-electron chi connectivity index (χ1n) is 11.7. The van der Waals surface area contributed by atoms with Gasteiger partial charge >= 0.3 is 5.97 Å². The number of hydrogen-bond donors (Lipinski definition) is 4. The predicted octanol–water partition coefficient (Wildman–Crippen LogP) is 5.12. The van der Waals surface area contributed by atoms with Gasteiger partial charge < -0.3 is 30.8 Å². The number of anilines is 2. The van der Waals surface area contributed by atoms with Crippen LogP contribution in [0, 0.1) is 0 Å². The molecule has 0 fully saturated rings. The monoisotopic (exact) mass is 488 g/mol. The van der Waals surface area contributed by atoms with E-state index >= 15 is 0 Å². The lowest BCUT2D eigenvalue weighted by molar-refractivity contribution is -0.133. The van der Waals surface area contributed by atoms with Gasteiger partial charge in [0.15, 0.2) is 23.0 Å². The average Bonchev–Trinajstić information content (AvgIpc) is 3.19. The molecule has 0 saturated carbocycles. The molecule has 0 aliphatic rings. The van der Waals surface area contributed by atoms with Gasteiger partial charge in [-0.05, 0) is 30.2 Å². The van der Waals surface area contributed by atoms with Gasteiger partial charge in [-0.15, -0.1) is 0 Å². The van der Waals surface area contributed by atoms with Crippen LogP contribution in [0.3, 0.4) is 0 Å². The van der Waals surface area contributed by atoms with Crippen LogP contribution in [0.1, 0.15) is 53.4 Å². The maximum Gasteiger partial charge on any atom is 0.315 e. The second-order valence-electron chi connectivity index (χ2n) is 8.64. The number of furan rings is 1. The number of phenolic OH excluding ortho intramolecular Hbond substituents is 2. The number of carbonyl (C=O) groups excluding carboxylic acids is 2. The number of carbonyl (C=O) groups is 2.